The Kier molecular flexibility index (Phi) is 3.89. The van der Waals surface area contributed by atoms with Crippen molar-refractivity contribution in [1.82, 2.24) is 24.9 Å². The van der Waals surface area contributed by atoms with Gasteiger partial charge in [0, 0.05) is 30.7 Å². The highest BCUT2D eigenvalue weighted by atomic mass is 19.3. The number of hydrogen-bond donors (Lipinski definition) is 1. The van der Waals surface area contributed by atoms with E-state index in [1.54, 1.807) is 4.68 Å². The van der Waals surface area contributed by atoms with Crippen molar-refractivity contribution in [1.29, 1.82) is 0 Å². The molecule has 2 aliphatic carbocycles. The normalized spacial score (nSPS) is 25.1. The monoisotopic (exact) mass is 389 g/mol. The molecule has 3 aromatic rings. The number of rotatable bonds is 3. The third-order valence-electron chi connectivity index (χ3n) is 6.15. The first-order valence-electron chi connectivity index (χ1n) is 9.70. The van der Waals surface area contributed by atoms with E-state index in [0.29, 0.717) is 29.7 Å². The maximum Gasteiger partial charge on any atom is 0.262 e. The largest absolute Gasteiger partial charge is 0.361 e. The molecule has 0 aromatic carbocycles. The van der Waals surface area contributed by atoms with E-state index in [4.69, 9.17) is 9.51 Å². The second-order valence-electron chi connectivity index (χ2n) is 8.03. The van der Waals surface area contributed by atoms with Crippen molar-refractivity contribution >= 4 is 11.0 Å². The number of halogens is 2. The number of alkyl halides is 2. The molecule has 1 N–H and O–H groups in total. The van der Waals surface area contributed by atoms with Crippen LogP contribution in [0.5, 0.6) is 0 Å². The van der Waals surface area contributed by atoms with Gasteiger partial charge in [-0.3, -0.25) is 4.79 Å². The molecule has 0 amide bonds. The molecule has 0 saturated heterocycles. The predicted molar refractivity (Wildman–Crippen MR) is 96.6 cm³/mol. The van der Waals surface area contributed by atoms with Crippen molar-refractivity contribution < 1.29 is 13.3 Å². The first-order valence-corrected chi connectivity index (χ1v) is 9.70. The van der Waals surface area contributed by atoms with Gasteiger partial charge in [-0.05, 0) is 32.6 Å². The molecule has 0 spiro atoms. The molecule has 2 atom stereocenters. The predicted octanol–water partition coefficient (Wildman–Crippen LogP) is 3.83. The number of aromatic amines is 1. The minimum absolute atomic E-state index is 0.0449. The van der Waals surface area contributed by atoms with Crippen LogP contribution in [0.1, 0.15) is 73.7 Å². The Hall–Kier alpha value is -2.58. The van der Waals surface area contributed by atoms with Crippen molar-refractivity contribution in [2.24, 2.45) is 0 Å². The Balaban J connectivity index is 1.49. The number of aryl methyl sites for hydroxylation is 1. The summed E-state index contributed by atoms with van der Waals surface area (Å²) < 4.78 is 34.1. The second kappa shape index (κ2) is 6.22. The maximum absolute atomic E-state index is 13.5. The van der Waals surface area contributed by atoms with Crippen LogP contribution < -0.4 is 5.56 Å². The third kappa shape index (κ3) is 2.84. The minimum Gasteiger partial charge on any atom is -0.361 e. The van der Waals surface area contributed by atoms with Crippen molar-refractivity contribution in [3.8, 4) is 0 Å². The molecule has 0 aliphatic heterocycles. The lowest BCUT2D eigenvalue weighted by Crippen LogP contribution is -2.28. The van der Waals surface area contributed by atoms with Gasteiger partial charge >= 0.3 is 0 Å². The lowest BCUT2D eigenvalue weighted by atomic mass is 9.71. The third-order valence-corrected chi connectivity index (χ3v) is 6.15. The average Bonchev–Trinajstić information content (AvgIpc) is 3.21. The van der Waals surface area contributed by atoms with Crippen LogP contribution in [0.15, 0.2) is 21.6 Å². The number of nitrogens with zero attached hydrogens (tertiary/aromatic N) is 4. The van der Waals surface area contributed by atoms with Gasteiger partial charge in [0.25, 0.3) is 5.56 Å². The zero-order valence-corrected chi connectivity index (χ0v) is 15.5. The fourth-order valence-corrected chi connectivity index (χ4v) is 4.39. The van der Waals surface area contributed by atoms with Crippen LogP contribution in [0.3, 0.4) is 0 Å². The number of H-pyrrole nitrogens is 1. The van der Waals surface area contributed by atoms with E-state index < -0.39 is 5.92 Å². The first-order chi connectivity index (χ1) is 13.4. The summed E-state index contributed by atoms with van der Waals surface area (Å²) in [7, 11) is 0. The minimum atomic E-state index is -2.61. The van der Waals surface area contributed by atoms with E-state index in [-0.39, 0.29) is 36.3 Å². The van der Waals surface area contributed by atoms with Gasteiger partial charge in [0.15, 0.2) is 5.65 Å². The van der Waals surface area contributed by atoms with Crippen LogP contribution in [-0.2, 0) is 0 Å². The number of fused-ring (bicyclic) bond motifs is 1. The molecule has 3 heterocycles. The van der Waals surface area contributed by atoms with E-state index in [9.17, 15) is 13.6 Å². The van der Waals surface area contributed by atoms with Crippen LogP contribution in [0, 0.1) is 6.92 Å². The Morgan fingerprint density at radius 2 is 1.96 bits per heavy atom. The fourth-order valence-electron chi connectivity index (χ4n) is 4.39. The van der Waals surface area contributed by atoms with Crippen molar-refractivity contribution in [3.05, 3.63) is 39.9 Å². The number of aromatic nitrogens is 5. The zero-order chi connectivity index (χ0) is 19.5. The summed E-state index contributed by atoms with van der Waals surface area (Å²) in [4.78, 5) is 20.2. The molecule has 0 radical (unpaired) electrons. The van der Waals surface area contributed by atoms with Gasteiger partial charge in [-0.1, -0.05) is 5.16 Å². The highest BCUT2D eigenvalue weighted by Gasteiger charge is 2.39. The lowest BCUT2D eigenvalue weighted by Gasteiger charge is -2.33. The smallest absolute Gasteiger partial charge is 0.262 e. The summed E-state index contributed by atoms with van der Waals surface area (Å²) in [6, 6.07) is 1.76. The average molecular weight is 389 g/mol. The summed E-state index contributed by atoms with van der Waals surface area (Å²) in [5, 5.41) is 8.66. The number of nitrogens with one attached hydrogen (secondary N) is 1. The topological polar surface area (TPSA) is 89.6 Å². The molecular formula is C19H21F2N5O2. The van der Waals surface area contributed by atoms with E-state index in [1.165, 1.54) is 6.20 Å². The van der Waals surface area contributed by atoms with Gasteiger partial charge in [-0.25, -0.2) is 18.4 Å². The van der Waals surface area contributed by atoms with Crippen molar-refractivity contribution in [2.45, 2.75) is 69.2 Å². The molecule has 1 unspecified atom stereocenters. The van der Waals surface area contributed by atoms with E-state index >= 15 is 0 Å². The van der Waals surface area contributed by atoms with Gasteiger partial charge in [-0.15, -0.1) is 0 Å². The molecule has 7 nitrogen and oxygen atoms in total. The molecule has 2 fully saturated rings. The molecule has 3 aromatic heterocycles. The standard InChI is InChI=1S/C19H21F2N5O2/c1-10-8-15(28-25-10)12-2-3-13(12)16-23-17-14(18(27)24-16)9-22-26(17)11-4-6-19(20,21)7-5-11/h8-9,11-13H,2-7H2,1H3,(H,23,24,27)/t12-,13?/m1/s1. The maximum atomic E-state index is 13.5. The van der Waals surface area contributed by atoms with E-state index in [0.717, 1.165) is 24.3 Å². The van der Waals surface area contributed by atoms with Gasteiger partial charge in [-0.2, -0.15) is 5.10 Å². The van der Waals surface area contributed by atoms with E-state index in [1.807, 2.05) is 13.0 Å². The first kappa shape index (κ1) is 17.5. The van der Waals surface area contributed by atoms with Crippen molar-refractivity contribution in [3.63, 3.8) is 0 Å². The van der Waals surface area contributed by atoms with Gasteiger partial charge < -0.3 is 9.51 Å². The molecular weight excluding hydrogens is 368 g/mol. The molecule has 2 aliphatic rings. The molecule has 2 saturated carbocycles. The molecule has 0 bridgehead atoms. The Morgan fingerprint density at radius 1 is 1.21 bits per heavy atom. The lowest BCUT2D eigenvalue weighted by molar-refractivity contribution is -0.0446. The number of hydrogen-bond acceptors (Lipinski definition) is 5. The molecule has 5 rings (SSSR count). The fraction of sp³-hybridized carbons (Fsp3) is 0.579. The quantitative estimate of drug-likeness (QED) is 0.735. The summed E-state index contributed by atoms with van der Waals surface area (Å²) in [5.74, 6) is -1.02. The Morgan fingerprint density at radius 3 is 2.61 bits per heavy atom. The van der Waals surface area contributed by atoms with Crippen LogP contribution in [0.4, 0.5) is 8.78 Å². The molecule has 148 valence electrons. The zero-order valence-electron chi connectivity index (χ0n) is 15.5. The van der Waals surface area contributed by atoms with Gasteiger partial charge in [0.1, 0.15) is 17.0 Å². The van der Waals surface area contributed by atoms with Crippen LogP contribution in [-0.4, -0.2) is 30.8 Å². The van der Waals surface area contributed by atoms with Gasteiger partial charge in [0.2, 0.25) is 5.92 Å². The summed E-state index contributed by atoms with van der Waals surface area (Å²) in [6.45, 7) is 1.87. The van der Waals surface area contributed by atoms with Crippen LogP contribution in [0.2, 0.25) is 0 Å². The van der Waals surface area contributed by atoms with Gasteiger partial charge in [0.05, 0.1) is 17.9 Å². The second-order valence-corrected chi connectivity index (χ2v) is 8.03. The summed E-state index contributed by atoms with van der Waals surface area (Å²) in [5.41, 5.74) is 1.06. The highest BCUT2D eigenvalue weighted by Crippen LogP contribution is 2.48. The SMILES string of the molecule is Cc1cc([C@@H]2CCC2c2nc3c(cnn3C3CCC(F)(F)CC3)c(=O)[nH]2)on1. The van der Waals surface area contributed by atoms with Crippen LogP contribution in [0.25, 0.3) is 11.0 Å². The molecule has 28 heavy (non-hydrogen) atoms. The van der Waals surface area contributed by atoms with Crippen molar-refractivity contribution in [2.75, 3.05) is 0 Å². The molecule has 9 heteroatoms. The Bertz CT molecular complexity index is 1080. The van der Waals surface area contributed by atoms with E-state index in [2.05, 4.69) is 15.2 Å². The van der Waals surface area contributed by atoms with Crippen LogP contribution >= 0.6 is 0 Å². The Labute approximate surface area is 159 Å². The highest BCUT2D eigenvalue weighted by molar-refractivity contribution is 5.73. The summed E-state index contributed by atoms with van der Waals surface area (Å²) in [6.07, 6.45) is 3.65. The summed E-state index contributed by atoms with van der Waals surface area (Å²) >= 11 is 0.